The maximum Gasteiger partial charge on any atom is 0.176 e. The Morgan fingerprint density at radius 3 is 2.21 bits per heavy atom. The van der Waals surface area contributed by atoms with Gasteiger partial charge in [0, 0.05) is 15.7 Å². The van der Waals surface area contributed by atoms with Crippen LogP contribution >= 0.6 is 22.6 Å². The van der Waals surface area contributed by atoms with Gasteiger partial charge in [-0.05, 0) is 47.2 Å². The molecule has 0 radical (unpaired) electrons. The average Bonchev–Trinajstić information content (AvgIpc) is 2.43. The molecule has 3 heteroatoms. The lowest BCUT2D eigenvalue weighted by molar-refractivity contribution is 0.0920. The number of carbonyl (C=O) groups is 1. The van der Waals surface area contributed by atoms with Gasteiger partial charge < -0.3 is 0 Å². The molecular weight excluding hydrogens is 349 g/mol. The van der Waals surface area contributed by atoms with Crippen molar-refractivity contribution in [1.29, 1.82) is 0 Å². The predicted octanol–water partition coefficient (Wildman–Crippen LogP) is 4.23. The van der Waals surface area contributed by atoms with Crippen LogP contribution in [0.3, 0.4) is 0 Å². The van der Waals surface area contributed by atoms with Crippen molar-refractivity contribution in [2.75, 3.05) is 19.6 Å². The van der Waals surface area contributed by atoms with Gasteiger partial charge in [-0.25, -0.2) is 0 Å². The molecule has 19 heavy (non-hydrogen) atoms. The summed E-state index contributed by atoms with van der Waals surface area (Å²) in [6, 6.07) is 7.83. The lowest BCUT2D eigenvalue weighted by Gasteiger charge is -2.24. The summed E-state index contributed by atoms with van der Waals surface area (Å²) in [5, 5.41) is 0. The number of halogens is 1. The Kier molecular flexibility index (Phi) is 7.61. The van der Waals surface area contributed by atoms with Crippen molar-refractivity contribution in [3.05, 3.63) is 33.4 Å². The second-order valence-electron chi connectivity index (χ2n) is 4.94. The molecule has 0 aromatic heterocycles. The van der Waals surface area contributed by atoms with Gasteiger partial charge in [-0.2, -0.15) is 0 Å². The topological polar surface area (TPSA) is 20.3 Å². The fourth-order valence-corrected chi connectivity index (χ4v) is 2.51. The summed E-state index contributed by atoms with van der Waals surface area (Å²) < 4.78 is 1.17. The number of hydrogen-bond donors (Lipinski definition) is 0. The quantitative estimate of drug-likeness (QED) is 0.502. The van der Waals surface area contributed by atoms with E-state index in [1.807, 2.05) is 24.3 Å². The molecule has 0 amide bonds. The van der Waals surface area contributed by atoms with Crippen molar-refractivity contribution < 1.29 is 4.79 Å². The molecule has 0 bridgehead atoms. The fraction of sp³-hybridized carbons (Fsp3) is 0.562. The van der Waals surface area contributed by atoms with E-state index in [0.717, 1.165) is 18.7 Å². The Morgan fingerprint density at radius 2 is 1.74 bits per heavy atom. The van der Waals surface area contributed by atoms with Gasteiger partial charge in [-0.15, -0.1) is 0 Å². The molecule has 0 aliphatic rings. The van der Waals surface area contributed by atoms with E-state index in [0.29, 0.717) is 12.5 Å². The maximum absolute atomic E-state index is 12.2. The average molecular weight is 373 g/mol. The summed E-state index contributed by atoms with van der Waals surface area (Å²) in [4.78, 5) is 14.5. The summed E-state index contributed by atoms with van der Waals surface area (Å²) in [6.45, 7) is 9.08. The number of hydrogen-bond acceptors (Lipinski definition) is 2. The number of benzene rings is 1. The lowest BCUT2D eigenvalue weighted by atomic mass is 10.0. The second kappa shape index (κ2) is 8.69. The first-order chi connectivity index (χ1) is 9.10. The van der Waals surface area contributed by atoms with Crippen LogP contribution < -0.4 is 0 Å². The number of carbonyl (C=O) groups excluding carboxylic acids is 1. The Labute approximate surface area is 130 Å². The van der Waals surface area contributed by atoms with Crippen LogP contribution in [0, 0.1) is 9.49 Å². The zero-order valence-corrected chi connectivity index (χ0v) is 14.3. The lowest BCUT2D eigenvalue weighted by Crippen LogP contribution is -2.34. The van der Waals surface area contributed by atoms with Gasteiger partial charge >= 0.3 is 0 Å². The Balaban J connectivity index is 2.60. The fourth-order valence-electron chi connectivity index (χ4n) is 2.15. The molecule has 2 nitrogen and oxygen atoms in total. The molecule has 0 fully saturated rings. The summed E-state index contributed by atoms with van der Waals surface area (Å²) in [7, 11) is 0. The minimum absolute atomic E-state index is 0.226. The molecule has 0 aliphatic carbocycles. The Morgan fingerprint density at radius 1 is 1.16 bits per heavy atom. The van der Waals surface area contributed by atoms with Gasteiger partial charge in [0.1, 0.15) is 0 Å². The van der Waals surface area contributed by atoms with Crippen LogP contribution in [0.2, 0.25) is 0 Å². The van der Waals surface area contributed by atoms with Crippen LogP contribution in [0.1, 0.15) is 44.0 Å². The molecule has 0 unspecified atom stereocenters. The van der Waals surface area contributed by atoms with E-state index in [1.54, 1.807) is 0 Å². The summed E-state index contributed by atoms with van der Waals surface area (Å²) in [6.07, 6.45) is 2.37. The molecule has 0 saturated heterocycles. The first-order valence-corrected chi connectivity index (χ1v) is 8.19. The van der Waals surface area contributed by atoms with E-state index >= 15 is 0 Å². The molecule has 0 spiro atoms. The third-order valence-corrected chi connectivity index (χ3v) is 4.37. The van der Waals surface area contributed by atoms with Crippen molar-refractivity contribution in [3.63, 3.8) is 0 Å². The van der Waals surface area contributed by atoms with Crippen LogP contribution in [0.25, 0.3) is 0 Å². The molecular formula is C16H24INO. The van der Waals surface area contributed by atoms with Gasteiger partial charge in [-0.1, -0.05) is 45.7 Å². The van der Waals surface area contributed by atoms with E-state index in [9.17, 15) is 4.79 Å². The van der Waals surface area contributed by atoms with Crippen molar-refractivity contribution in [3.8, 4) is 0 Å². The second-order valence-corrected chi connectivity index (χ2v) is 6.19. The zero-order valence-electron chi connectivity index (χ0n) is 12.2. The van der Waals surface area contributed by atoms with Gasteiger partial charge in [-0.3, -0.25) is 9.69 Å². The van der Waals surface area contributed by atoms with Crippen molar-refractivity contribution in [2.45, 2.75) is 33.6 Å². The molecule has 1 aromatic rings. The Hall–Kier alpha value is -0.420. The Bertz CT molecular complexity index is 384. The number of rotatable bonds is 8. The summed E-state index contributed by atoms with van der Waals surface area (Å²) >= 11 is 2.26. The first-order valence-electron chi connectivity index (χ1n) is 7.11. The van der Waals surface area contributed by atoms with Crippen LogP contribution in [0.5, 0.6) is 0 Å². The number of likely N-dealkylation sites (N-methyl/N-ethyl adjacent to an activating group) is 1. The highest BCUT2D eigenvalue weighted by atomic mass is 127. The van der Waals surface area contributed by atoms with E-state index in [4.69, 9.17) is 0 Å². The van der Waals surface area contributed by atoms with Crippen LogP contribution in [0.15, 0.2) is 24.3 Å². The zero-order chi connectivity index (χ0) is 14.3. The third-order valence-electron chi connectivity index (χ3n) is 3.65. The third kappa shape index (κ3) is 5.61. The molecule has 0 aliphatic heterocycles. The van der Waals surface area contributed by atoms with Crippen LogP contribution in [-0.2, 0) is 0 Å². The molecule has 1 aromatic carbocycles. The smallest absolute Gasteiger partial charge is 0.176 e. The number of nitrogens with zero attached hydrogens (tertiary/aromatic N) is 1. The minimum atomic E-state index is 0.226. The van der Waals surface area contributed by atoms with Crippen molar-refractivity contribution in [1.82, 2.24) is 4.90 Å². The predicted molar refractivity (Wildman–Crippen MR) is 89.7 cm³/mol. The van der Waals surface area contributed by atoms with E-state index in [1.165, 1.54) is 16.4 Å². The molecule has 0 atom stereocenters. The first kappa shape index (κ1) is 16.6. The van der Waals surface area contributed by atoms with Gasteiger partial charge in [0.25, 0.3) is 0 Å². The number of ketones is 1. The minimum Gasteiger partial charge on any atom is -0.296 e. The molecule has 0 heterocycles. The largest absolute Gasteiger partial charge is 0.296 e. The van der Waals surface area contributed by atoms with E-state index < -0.39 is 0 Å². The van der Waals surface area contributed by atoms with Crippen molar-refractivity contribution >= 4 is 28.4 Å². The van der Waals surface area contributed by atoms with Crippen molar-refractivity contribution in [2.24, 2.45) is 5.92 Å². The summed E-state index contributed by atoms with van der Waals surface area (Å²) in [5.41, 5.74) is 0.823. The normalized spacial score (nSPS) is 11.3. The highest BCUT2D eigenvalue weighted by molar-refractivity contribution is 14.1. The highest BCUT2D eigenvalue weighted by Crippen LogP contribution is 2.12. The molecule has 0 N–H and O–H groups in total. The van der Waals surface area contributed by atoms with Gasteiger partial charge in [0.2, 0.25) is 0 Å². The SMILES string of the molecule is CCC(CC)CN(CC)CC(=O)c1ccc(I)cc1. The monoisotopic (exact) mass is 373 g/mol. The highest BCUT2D eigenvalue weighted by Gasteiger charge is 2.14. The van der Waals surface area contributed by atoms with Gasteiger partial charge in [0.05, 0.1) is 6.54 Å². The van der Waals surface area contributed by atoms with Gasteiger partial charge in [0.15, 0.2) is 5.78 Å². The molecule has 106 valence electrons. The van der Waals surface area contributed by atoms with E-state index in [2.05, 4.69) is 48.3 Å². The molecule has 1 rings (SSSR count). The van der Waals surface area contributed by atoms with Crippen LogP contribution in [0.4, 0.5) is 0 Å². The summed E-state index contributed by atoms with van der Waals surface area (Å²) in [5.74, 6) is 0.925. The number of Topliss-reactive ketones (excluding diaryl/α,β-unsaturated/α-hetero) is 1. The maximum atomic E-state index is 12.2. The van der Waals surface area contributed by atoms with E-state index in [-0.39, 0.29) is 5.78 Å². The van der Waals surface area contributed by atoms with Crippen LogP contribution in [-0.4, -0.2) is 30.3 Å². The standard InChI is InChI=1S/C16H24INO/c1-4-13(5-2)11-18(6-3)12-16(19)14-7-9-15(17)10-8-14/h7-10,13H,4-6,11-12H2,1-3H3. The molecule has 0 saturated carbocycles.